The Morgan fingerprint density at radius 1 is 0.500 bits per heavy atom. The van der Waals surface area contributed by atoms with E-state index in [0.717, 1.165) is 0 Å². The minimum atomic E-state index is -1.88. The predicted octanol–water partition coefficient (Wildman–Crippen LogP) is 7.67. The third-order valence-corrected chi connectivity index (χ3v) is 12.8. The molecule has 0 atom stereocenters. The Morgan fingerprint density at radius 3 is 1.30 bits per heavy atom. The van der Waals surface area contributed by atoms with Crippen molar-refractivity contribution in [3.05, 3.63) is 0 Å². The maximum atomic E-state index is 7.39. The molecule has 0 aromatic heterocycles. The van der Waals surface area contributed by atoms with Gasteiger partial charge in [0.1, 0.15) is 0 Å². The van der Waals surface area contributed by atoms with Crippen molar-refractivity contribution in [1.29, 1.82) is 0 Å². The van der Waals surface area contributed by atoms with Crippen molar-refractivity contribution in [2.75, 3.05) is 24.6 Å². The quantitative estimate of drug-likeness (QED) is 0.227. The average Bonchev–Trinajstić information content (AvgIpc) is 2.38. The molecule has 2 heteroatoms. The van der Waals surface area contributed by atoms with Gasteiger partial charge in [0.25, 0.3) is 0 Å². The molecule has 124 valence electrons. The molecule has 0 aliphatic heterocycles. The van der Waals surface area contributed by atoms with E-state index in [2.05, 4.69) is 27.7 Å². The topological polar surface area (TPSA) is 0 Å². The standard InChI is InChI=1S/C18H40ClP/c1-5-9-10-11-12-13-14-18-20(19,15-6-2,16-7-3)17-8-4/h5-18H2,1-4H3. The van der Waals surface area contributed by atoms with Crippen LogP contribution in [0.2, 0.25) is 0 Å². The van der Waals surface area contributed by atoms with Gasteiger partial charge in [-0.1, -0.05) is 0 Å². The number of unbranched alkanes of at least 4 members (excludes halogenated alkanes) is 6. The van der Waals surface area contributed by atoms with Crippen molar-refractivity contribution >= 4 is 17.2 Å². The first-order valence-corrected chi connectivity index (χ1v) is 13.1. The molecule has 0 saturated heterocycles. The van der Waals surface area contributed by atoms with Crippen LogP contribution in [-0.4, -0.2) is 24.6 Å². The van der Waals surface area contributed by atoms with Crippen molar-refractivity contribution in [1.82, 2.24) is 0 Å². The van der Waals surface area contributed by atoms with Crippen LogP contribution in [0.15, 0.2) is 0 Å². The summed E-state index contributed by atoms with van der Waals surface area (Å²) in [5.41, 5.74) is 0. The Balaban J connectivity index is 4.21. The summed E-state index contributed by atoms with van der Waals surface area (Å²) in [5, 5.41) is 0. The zero-order chi connectivity index (χ0) is 15.3. The fourth-order valence-electron chi connectivity index (χ4n) is 3.81. The van der Waals surface area contributed by atoms with Crippen molar-refractivity contribution in [3.63, 3.8) is 0 Å². The van der Waals surface area contributed by atoms with Gasteiger partial charge in [-0.25, -0.2) is 0 Å². The van der Waals surface area contributed by atoms with Crippen LogP contribution in [0, 0.1) is 0 Å². The monoisotopic (exact) mass is 322 g/mol. The van der Waals surface area contributed by atoms with Crippen molar-refractivity contribution < 1.29 is 0 Å². The molecule has 0 fully saturated rings. The molecule has 0 aromatic carbocycles. The van der Waals surface area contributed by atoms with E-state index in [1.54, 1.807) is 0 Å². The number of hydrogen-bond donors (Lipinski definition) is 0. The van der Waals surface area contributed by atoms with Crippen LogP contribution in [0.25, 0.3) is 0 Å². The molecule has 0 heterocycles. The van der Waals surface area contributed by atoms with Gasteiger partial charge >= 0.3 is 134 Å². The first-order chi connectivity index (χ1) is 9.54. The Morgan fingerprint density at radius 2 is 0.900 bits per heavy atom. The van der Waals surface area contributed by atoms with Crippen LogP contribution >= 0.6 is 17.2 Å². The molecule has 0 saturated carbocycles. The minimum absolute atomic E-state index is 1.28. The Hall–Kier alpha value is 0.720. The SMILES string of the molecule is CCCCCCCCCP(Cl)(CCC)(CCC)CCC. The van der Waals surface area contributed by atoms with E-state index in [9.17, 15) is 0 Å². The van der Waals surface area contributed by atoms with E-state index in [4.69, 9.17) is 11.2 Å². The predicted molar refractivity (Wildman–Crippen MR) is 101 cm³/mol. The molecule has 20 heavy (non-hydrogen) atoms. The number of halogens is 1. The summed E-state index contributed by atoms with van der Waals surface area (Å²) in [5.74, 6) is -1.88. The van der Waals surface area contributed by atoms with Gasteiger partial charge in [-0.15, -0.1) is 0 Å². The molecule has 0 amide bonds. The summed E-state index contributed by atoms with van der Waals surface area (Å²) >= 11 is 7.39. The molecule has 0 aliphatic rings. The Labute approximate surface area is 134 Å². The van der Waals surface area contributed by atoms with Gasteiger partial charge in [0.05, 0.1) is 0 Å². The van der Waals surface area contributed by atoms with Crippen LogP contribution in [-0.2, 0) is 0 Å². The second-order valence-corrected chi connectivity index (χ2v) is 15.1. The van der Waals surface area contributed by atoms with Gasteiger partial charge in [0, 0.05) is 0 Å². The Kier molecular flexibility index (Phi) is 11.7. The van der Waals surface area contributed by atoms with Crippen molar-refractivity contribution in [3.8, 4) is 0 Å². The second kappa shape index (κ2) is 11.3. The zero-order valence-corrected chi connectivity index (χ0v) is 16.4. The molecular weight excluding hydrogens is 283 g/mol. The molecular formula is C18H40ClP. The second-order valence-electron chi connectivity index (χ2n) is 6.84. The van der Waals surface area contributed by atoms with Crippen molar-refractivity contribution in [2.24, 2.45) is 0 Å². The third kappa shape index (κ3) is 8.23. The molecule has 0 rings (SSSR count). The fourth-order valence-corrected chi connectivity index (χ4v) is 11.4. The third-order valence-electron chi connectivity index (χ3n) is 4.67. The summed E-state index contributed by atoms with van der Waals surface area (Å²) < 4.78 is 0. The summed E-state index contributed by atoms with van der Waals surface area (Å²) in [6, 6.07) is 0. The molecule has 0 unspecified atom stereocenters. The maximum absolute atomic E-state index is 7.39. The van der Waals surface area contributed by atoms with E-state index in [-0.39, 0.29) is 0 Å². The van der Waals surface area contributed by atoms with Crippen LogP contribution < -0.4 is 0 Å². The van der Waals surface area contributed by atoms with Crippen LogP contribution in [0.5, 0.6) is 0 Å². The zero-order valence-electron chi connectivity index (χ0n) is 14.7. The van der Waals surface area contributed by atoms with E-state index >= 15 is 0 Å². The van der Waals surface area contributed by atoms with Gasteiger partial charge in [-0.05, 0) is 0 Å². The molecule has 0 spiro atoms. The van der Waals surface area contributed by atoms with Crippen LogP contribution in [0.3, 0.4) is 0 Å². The molecule has 0 aliphatic carbocycles. The van der Waals surface area contributed by atoms with Gasteiger partial charge in [-0.3, -0.25) is 0 Å². The first-order valence-electron chi connectivity index (χ1n) is 9.26. The van der Waals surface area contributed by atoms with Gasteiger partial charge in [-0.2, -0.15) is 0 Å². The van der Waals surface area contributed by atoms with Gasteiger partial charge in [0.2, 0.25) is 0 Å². The van der Waals surface area contributed by atoms with E-state index in [1.165, 1.54) is 88.9 Å². The summed E-state index contributed by atoms with van der Waals surface area (Å²) in [7, 11) is 0. The van der Waals surface area contributed by atoms with Crippen LogP contribution in [0.4, 0.5) is 0 Å². The van der Waals surface area contributed by atoms with E-state index in [1.807, 2.05) is 0 Å². The first kappa shape index (κ1) is 20.7. The summed E-state index contributed by atoms with van der Waals surface area (Å²) in [4.78, 5) is 0. The van der Waals surface area contributed by atoms with Crippen LogP contribution in [0.1, 0.15) is 91.9 Å². The van der Waals surface area contributed by atoms with Gasteiger partial charge in [0.15, 0.2) is 0 Å². The Bertz CT molecular complexity index is 208. The molecule has 0 aromatic rings. The normalized spacial score (nSPS) is 14.2. The van der Waals surface area contributed by atoms with E-state index < -0.39 is 5.96 Å². The number of rotatable bonds is 14. The molecule has 0 bridgehead atoms. The molecule has 0 N–H and O–H groups in total. The molecule has 0 radical (unpaired) electrons. The van der Waals surface area contributed by atoms with Gasteiger partial charge < -0.3 is 0 Å². The number of hydrogen-bond acceptors (Lipinski definition) is 0. The fraction of sp³-hybridized carbons (Fsp3) is 1.00. The van der Waals surface area contributed by atoms with Crippen molar-refractivity contribution in [2.45, 2.75) is 91.9 Å². The average molecular weight is 323 g/mol. The molecule has 0 nitrogen and oxygen atoms in total. The summed E-state index contributed by atoms with van der Waals surface area (Å²) in [6.07, 6.45) is 19.0. The summed E-state index contributed by atoms with van der Waals surface area (Å²) in [6.45, 7) is 9.25. The van der Waals surface area contributed by atoms with E-state index in [0.29, 0.717) is 0 Å².